The van der Waals surface area contributed by atoms with Crippen LogP contribution in [0, 0.1) is 0 Å². The normalized spacial score (nSPS) is 16.2. The fourth-order valence-electron chi connectivity index (χ4n) is 2.97. The van der Waals surface area contributed by atoms with Crippen LogP contribution in [0.25, 0.3) is 5.57 Å². The quantitative estimate of drug-likeness (QED) is 0.506. The lowest BCUT2D eigenvalue weighted by atomic mass is 9.81. The van der Waals surface area contributed by atoms with Gasteiger partial charge < -0.3 is 0 Å². The fourth-order valence-corrected chi connectivity index (χ4v) is 2.97. The second-order valence-corrected chi connectivity index (χ2v) is 5.89. The molecule has 0 spiro atoms. The predicted octanol–water partition coefficient (Wildman–Crippen LogP) is 7.19. The number of rotatable bonds is 2. The minimum atomic E-state index is 0.150. The molecule has 0 amide bonds. The van der Waals surface area contributed by atoms with Crippen molar-refractivity contribution in [1.82, 2.24) is 0 Å². The molecule has 0 aromatic heterocycles. The van der Waals surface area contributed by atoms with Crippen molar-refractivity contribution in [2.75, 3.05) is 0 Å². The van der Waals surface area contributed by atoms with Crippen LogP contribution in [0.2, 0.25) is 0 Å². The van der Waals surface area contributed by atoms with Crippen molar-refractivity contribution in [2.45, 2.75) is 39.5 Å². The van der Waals surface area contributed by atoms with Gasteiger partial charge in [0.15, 0.2) is 0 Å². The predicted molar refractivity (Wildman–Crippen MR) is 110 cm³/mol. The third kappa shape index (κ3) is 4.35. The SMILES string of the molecule is C=C/C=C\C=C.CC.CC1(C)C2=C(C=CCC=C2)c2ccccc21. The van der Waals surface area contributed by atoms with Crippen LogP contribution in [0.3, 0.4) is 0 Å². The van der Waals surface area contributed by atoms with Crippen LogP contribution in [0.5, 0.6) is 0 Å². The molecule has 0 heterocycles. The first-order valence-electron chi connectivity index (χ1n) is 8.70. The lowest BCUT2D eigenvalue weighted by Crippen LogP contribution is -2.15. The maximum absolute atomic E-state index is 3.46. The first-order chi connectivity index (χ1) is 11.6. The monoisotopic (exact) mass is 318 g/mol. The van der Waals surface area contributed by atoms with E-state index in [1.165, 1.54) is 22.3 Å². The molecule has 0 bridgehead atoms. The Balaban J connectivity index is 0.000000309. The van der Waals surface area contributed by atoms with Crippen molar-refractivity contribution in [3.8, 4) is 0 Å². The molecule has 0 fully saturated rings. The van der Waals surface area contributed by atoms with Gasteiger partial charge in [0.05, 0.1) is 0 Å². The van der Waals surface area contributed by atoms with Crippen LogP contribution in [0.15, 0.2) is 91.6 Å². The zero-order chi connectivity index (χ0) is 18.0. The third-order valence-corrected chi connectivity index (χ3v) is 4.08. The Morgan fingerprint density at radius 1 is 0.917 bits per heavy atom. The van der Waals surface area contributed by atoms with E-state index in [9.17, 15) is 0 Å². The minimum absolute atomic E-state index is 0.150. The highest BCUT2D eigenvalue weighted by Gasteiger charge is 2.35. The van der Waals surface area contributed by atoms with Crippen molar-refractivity contribution in [2.24, 2.45) is 0 Å². The van der Waals surface area contributed by atoms with Gasteiger partial charge in [0.2, 0.25) is 0 Å². The van der Waals surface area contributed by atoms with Gasteiger partial charge >= 0.3 is 0 Å². The molecule has 24 heavy (non-hydrogen) atoms. The molecule has 0 unspecified atom stereocenters. The van der Waals surface area contributed by atoms with Crippen LogP contribution in [-0.2, 0) is 5.41 Å². The highest BCUT2D eigenvalue weighted by atomic mass is 14.4. The molecule has 3 rings (SSSR count). The first-order valence-corrected chi connectivity index (χ1v) is 8.70. The van der Waals surface area contributed by atoms with Gasteiger partial charge in [0.25, 0.3) is 0 Å². The van der Waals surface area contributed by atoms with Crippen molar-refractivity contribution < 1.29 is 0 Å². The van der Waals surface area contributed by atoms with Gasteiger partial charge in [-0.2, -0.15) is 0 Å². The van der Waals surface area contributed by atoms with Gasteiger partial charge in [-0.05, 0) is 28.7 Å². The van der Waals surface area contributed by atoms with Gasteiger partial charge in [-0.15, -0.1) is 0 Å². The molecule has 2 aliphatic carbocycles. The Kier molecular flexibility index (Phi) is 7.98. The standard InChI is InChI=1S/C16H16.C6H8.C2H6/c1-16(2)14-10-5-3-4-8-12(14)13-9-6-7-11-15(13)16;1-3-5-6-4-2;1-2/h4-11H,3H2,1-2H3;3-6H,1-2H2;1-2H3/b;6-5-;. The fraction of sp³-hybridized carbons (Fsp3) is 0.250. The van der Waals surface area contributed by atoms with Gasteiger partial charge in [-0.1, -0.05) is 114 Å². The molecule has 0 nitrogen and oxygen atoms in total. The molecule has 0 N–H and O–H groups in total. The molecule has 126 valence electrons. The van der Waals surface area contributed by atoms with E-state index in [2.05, 4.69) is 75.6 Å². The van der Waals surface area contributed by atoms with Gasteiger partial charge in [0, 0.05) is 5.41 Å². The lowest BCUT2D eigenvalue weighted by Gasteiger charge is -2.22. The molecule has 0 aliphatic heterocycles. The van der Waals surface area contributed by atoms with Crippen LogP contribution >= 0.6 is 0 Å². The maximum Gasteiger partial charge on any atom is 0.0158 e. The molecule has 0 atom stereocenters. The summed E-state index contributed by atoms with van der Waals surface area (Å²) in [5, 5.41) is 0. The summed E-state index contributed by atoms with van der Waals surface area (Å²) in [6.45, 7) is 15.6. The molecule has 0 heteroatoms. The molecule has 2 aliphatic rings. The third-order valence-electron chi connectivity index (χ3n) is 4.08. The zero-order valence-corrected chi connectivity index (χ0v) is 15.5. The number of allylic oxidation sites excluding steroid dienone is 10. The van der Waals surface area contributed by atoms with Crippen molar-refractivity contribution >= 4 is 5.57 Å². The molecule has 1 aromatic rings. The molecule has 0 saturated carbocycles. The van der Waals surface area contributed by atoms with Crippen LogP contribution < -0.4 is 0 Å². The van der Waals surface area contributed by atoms with Crippen LogP contribution in [0.1, 0.15) is 45.2 Å². The molecule has 0 radical (unpaired) electrons. The highest BCUT2D eigenvalue weighted by Crippen LogP contribution is 2.47. The van der Waals surface area contributed by atoms with E-state index >= 15 is 0 Å². The Hall–Kier alpha value is -2.34. The van der Waals surface area contributed by atoms with Gasteiger partial charge in [-0.25, -0.2) is 0 Å². The average Bonchev–Trinajstić information content (AvgIpc) is 2.80. The Bertz CT molecular complexity index is 666. The van der Waals surface area contributed by atoms with E-state index in [1.807, 2.05) is 26.0 Å². The number of fused-ring (bicyclic) bond motifs is 2. The molecular weight excluding hydrogens is 288 g/mol. The van der Waals surface area contributed by atoms with E-state index in [0.29, 0.717) is 0 Å². The van der Waals surface area contributed by atoms with Crippen molar-refractivity contribution in [3.05, 3.63) is 103 Å². The highest BCUT2D eigenvalue weighted by molar-refractivity contribution is 5.88. The summed E-state index contributed by atoms with van der Waals surface area (Å²) < 4.78 is 0. The Morgan fingerprint density at radius 2 is 1.50 bits per heavy atom. The second-order valence-electron chi connectivity index (χ2n) is 5.89. The summed E-state index contributed by atoms with van der Waals surface area (Å²) in [5.74, 6) is 0. The summed E-state index contributed by atoms with van der Waals surface area (Å²) in [5.41, 5.74) is 5.88. The second kappa shape index (κ2) is 9.72. The summed E-state index contributed by atoms with van der Waals surface area (Å²) in [4.78, 5) is 0. The largest absolute Gasteiger partial charge is 0.0991 e. The first kappa shape index (κ1) is 19.7. The van der Waals surface area contributed by atoms with Crippen molar-refractivity contribution in [3.63, 3.8) is 0 Å². The van der Waals surface area contributed by atoms with Crippen LogP contribution in [-0.4, -0.2) is 0 Å². The summed E-state index contributed by atoms with van der Waals surface area (Å²) in [6, 6.07) is 8.77. The molecular formula is C24H30. The average molecular weight is 319 g/mol. The number of hydrogen-bond donors (Lipinski definition) is 0. The van der Waals surface area contributed by atoms with Crippen LogP contribution in [0.4, 0.5) is 0 Å². The van der Waals surface area contributed by atoms with Gasteiger partial charge in [-0.3, -0.25) is 0 Å². The zero-order valence-electron chi connectivity index (χ0n) is 15.5. The topological polar surface area (TPSA) is 0 Å². The smallest absolute Gasteiger partial charge is 0.0158 e. The van der Waals surface area contributed by atoms with Crippen molar-refractivity contribution in [1.29, 1.82) is 0 Å². The lowest BCUT2D eigenvalue weighted by molar-refractivity contribution is 0.654. The maximum atomic E-state index is 3.46. The number of benzene rings is 1. The summed E-state index contributed by atoms with van der Waals surface area (Å²) in [6.07, 6.45) is 17.2. The number of hydrogen-bond acceptors (Lipinski definition) is 0. The Morgan fingerprint density at radius 3 is 2.12 bits per heavy atom. The molecule has 1 aromatic carbocycles. The van der Waals surface area contributed by atoms with E-state index < -0.39 is 0 Å². The van der Waals surface area contributed by atoms with E-state index in [-0.39, 0.29) is 5.41 Å². The van der Waals surface area contributed by atoms with E-state index in [1.54, 1.807) is 12.2 Å². The summed E-state index contributed by atoms with van der Waals surface area (Å²) >= 11 is 0. The summed E-state index contributed by atoms with van der Waals surface area (Å²) in [7, 11) is 0. The van der Waals surface area contributed by atoms with E-state index in [4.69, 9.17) is 0 Å². The molecule has 0 saturated heterocycles. The minimum Gasteiger partial charge on any atom is -0.0991 e. The van der Waals surface area contributed by atoms with E-state index in [0.717, 1.165) is 6.42 Å². The van der Waals surface area contributed by atoms with Gasteiger partial charge in [0.1, 0.15) is 0 Å². The Labute approximate surface area is 148 Å².